The summed E-state index contributed by atoms with van der Waals surface area (Å²) < 4.78 is 15.5. The number of nitrogens with one attached hydrogen (secondary N) is 1. The first-order valence-corrected chi connectivity index (χ1v) is 8.72. The number of hydrogen-bond acceptors (Lipinski definition) is 5. The number of carbonyl (C=O) groups excluding carboxylic acids is 2. The summed E-state index contributed by atoms with van der Waals surface area (Å²) in [6.07, 6.45) is 3.03. The van der Waals surface area contributed by atoms with Crippen molar-refractivity contribution in [3.63, 3.8) is 0 Å². The summed E-state index contributed by atoms with van der Waals surface area (Å²) in [5.74, 6) is 0.182. The summed E-state index contributed by atoms with van der Waals surface area (Å²) in [5.41, 5.74) is 2.57. The van der Waals surface area contributed by atoms with Crippen LogP contribution in [0.25, 0.3) is 6.08 Å². The minimum Gasteiger partial charge on any atom is -0.493 e. The Bertz CT molecular complexity index is 898. The topological polar surface area (TPSA) is 77.6 Å². The van der Waals surface area contributed by atoms with Crippen molar-refractivity contribution in [2.75, 3.05) is 20.8 Å². The highest BCUT2D eigenvalue weighted by atomic mass is 35.5. The average Bonchev–Trinajstić information content (AvgIpc) is 2.93. The van der Waals surface area contributed by atoms with Gasteiger partial charge in [-0.25, -0.2) is 4.79 Å². The van der Waals surface area contributed by atoms with Crippen molar-refractivity contribution < 1.29 is 23.8 Å². The smallest absolute Gasteiger partial charge is 0.340 e. The molecule has 6 nitrogen and oxygen atoms in total. The van der Waals surface area contributed by atoms with E-state index in [2.05, 4.69) is 4.98 Å². The fourth-order valence-corrected chi connectivity index (χ4v) is 3.09. The van der Waals surface area contributed by atoms with Gasteiger partial charge in [-0.1, -0.05) is 17.7 Å². The van der Waals surface area contributed by atoms with E-state index in [0.29, 0.717) is 44.6 Å². The highest BCUT2D eigenvalue weighted by Gasteiger charge is 2.21. The molecule has 0 saturated carbocycles. The third kappa shape index (κ3) is 4.34. The lowest BCUT2D eigenvalue weighted by molar-refractivity contribution is 0.0525. The molecule has 2 rings (SSSR count). The first-order valence-electron chi connectivity index (χ1n) is 8.34. The van der Waals surface area contributed by atoms with Gasteiger partial charge in [0.2, 0.25) is 5.78 Å². The zero-order chi connectivity index (χ0) is 20.1. The number of esters is 1. The summed E-state index contributed by atoms with van der Waals surface area (Å²) in [7, 11) is 3.01. The number of H-pyrrole nitrogens is 1. The summed E-state index contributed by atoms with van der Waals surface area (Å²) in [6.45, 7) is 5.45. The van der Waals surface area contributed by atoms with Crippen molar-refractivity contribution in [2.45, 2.75) is 20.8 Å². The number of ether oxygens (including phenoxy) is 3. The minimum atomic E-state index is -0.446. The van der Waals surface area contributed by atoms with Crippen molar-refractivity contribution in [1.82, 2.24) is 4.98 Å². The van der Waals surface area contributed by atoms with Crippen LogP contribution in [-0.2, 0) is 4.74 Å². The zero-order valence-electron chi connectivity index (χ0n) is 15.9. The summed E-state index contributed by atoms with van der Waals surface area (Å²) in [4.78, 5) is 27.6. The van der Waals surface area contributed by atoms with Crippen molar-refractivity contribution in [3.05, 3.63) is 51.3 Å². The number of methoxy groups -OCH3 is 2. The van der Waals surface area contributed by atoms with Gasteiger partial charge in [-0.3, -0.25) is 4.79 Å². The molecule has 1 aromatic carbocycles. The number of aromatic nitrogens is 1. The molecule has 2 aromatic rings. The van der Waals surface area contributed by atoms with E-state index in [0.717, 1.165) is 0 Å². The van der Waals surface area contributed by atoms with Crippen LogP contribution in [0.3, 0.4) is 0 Å². The predicted molar refractivity (Wildman–Crippen MR) is 104 cm³/mol. The standard InChI is InChI=1S/C20H22ClNO5/c1-6-27-20(24)17-11(2)18(22-12(17)3)15(23)8-7-13-9-14(21)19(26-5)16(10-13)25-4/h7-10,22H,6H2,1-5H3/b8-7+. The molecule has 0 amide bonds. The van der Waals surface area contributed by atoms with E-state index in [9.17, 15) is 9.59 Å². The number of carbonyl (C=O) groups is 2. The van der Waals surface area contributed by atoms with Crippen molar-refractivity contribution in [1.29, 1.82) is 0 Å². The number of ketones is 1. The Morgan fingerprint density at radius 1 is 1.19 bits per heavy atom. The Morgan fingerprint density at radius 2 is 1.89 bits per heavy atom. The molecule has 7 heteroatoms. The summed E-state index contributed by atoms with van der Waals surface area (Å²) >= 11 is 6.18. The SMILES string of the molecule is CCOC(=O)c1c(C)[nH]c(C(=O)/C=C/c2cc(Cl)c(OC)c(OC)c2)c1C. The minimum absolute atomic E-state index is 0.267. The maximum absolute atomic E-state index is 12.6. The van der Waals surface area contributed by atoms with Crippen LogP contribution in [0.1, 0.15) is 44.6 Å². The monoisotopic (exact) mass is 391 g/mol. The van der Waals surface area contributed by atoms with Crippen molar-refractivity contribution >= 4 is 29.4 Å². The van der Waals surface area contributed by atoms with Gasteiger partial charge < -0.3 is 19.2 Å². The van der Waals surface area contributed by atoms with E-state index in [-0.39, 0.29) is 12.4 Å². The quantitative estimate of drug-likeness (QED) is 0.430. The van der Waals surface area contributed by atoms with Crippen LogP contribution in [0.2, 0.25) is 5.02 Å². The second-order valence-corrected chi connectivity index (χ2v) is 6.19. The molecule has 1 N–H and O–H groups in total. The highest BCUT2D eigenvalue weighted by Crippen LogP contribution is 2.36. The molecule has 0 saturated heterocycles. The van der Waals surface area contributed by atoms with Gasteiger partial charge in [0.15, 0.2) is 11.5 Å². The average molecular weight is 392 g/mol. The normalized spacial score (nSPS) is 10.9. The van der Waals surface area contributed by atoms with Crippen LogP contribution in [0.15, 0.2) is 18.2 Å². The predicted octanol–water partition coefficient (Wildman–Crippen LogP) is 4.37. The molecule has 0 radical (unpaired) electrons. The second-order valence-electron chi connectivity index (χ2n) is 5.78. The van der Waals surface area contributed by atoms with Gasteiger partial charge in [0.05, 0.1) is 37.1 Å². The molecule has 0 bridgehead atoms. The van der Waals surface area contributed by atoms with Gasteiger partial charge in [0, 0.05) is 5.69 Å². The maximum atomic E-state index is 12.6. The van der Waals surface area contributed by atoms with E-state index in [1.54, 1.807) is 39.0 Å². The number of benzene rings is 1. The van der Waals surface area contributed by atoms with Crippen molar-refractivity contribution in [3.8, 4) is 11.5 Å². The first-order chi connectivity index (χ1) is 12.8. The van der Waals surface area contributed by atoms with Crippen LogP contribution < -0.4 is 9.47 Å². The Hall–Kier alpha value is -2.73. The molecule has 144 valence electrons. The molecular weight excluding hydrogens is 370 g/mol. The number of allylic oxidation sites excluding steroid dienone is 1. The second kappa shape index (κ2) is 8.77. The third-order valence-electron chi connectivity index (χ3n) is 4.05. The molecular formula is C20H22ClNO5. The Morgan fingerprint density at radius 3 is 2.48 bits per heavy atom. The molecule has 0 aliphatic carbocycles. The molecule has 27 heavy (non-hydrogen) atoms. The van der Waals surface area contributed by atoms with E-state index in [1.807, 2.05) is 0 Å². The number of hydrogen-bond donors (Lipinski definition) is 1. The van der Waals surface area contributed by atoms with Crippen LogP contribution in [0.4, 0.5) is 0 Å². The molecule has 0 fully saturated rings. The molecule has 1 heterocycles. The van der Waals surface area contributed by atoms with Gasteiger partial charge >= 0.3 is 5.97 Å². The Labute approximate surface area is 163 Å². The fraction of sp³-hybridized carbons (Fsp3) is 0.300. The first kappa shape index (κ1) is 20.6. The Kier molecular flexibility index (Phi) is 6.69. The van der Waals surface area contributed by atoms with Gasteiger partial charge in [0.25, 0.3) is 0 Å². The third-order valence-corrected chi connectivity index (χ3v) is 4.33. The molecule has 0 unspecified atom stereocenters. The van der Waals surface area contributed by atoms with Crippen LogP contribution >= 0.6 is 11.6 Å². The molecule has 0 aliphatic heterocycles. The molecule has 1 aromatic heterocycles. The lowest BCUT2D eigenvalue weighted by Crippen LogP contribution is -2.07. The Balaban J connectivity index is 2.32. The lowest BCUT2D eigenvalue weighted by Gasteiger charge is -2.10. The number of halogens is 1. The molecule has 0 atom stereocenters. The summed E-state index contributed by atoms with van der Waals surface area (Å²) in [6, 6.07) is 3.38. The van der Waals surface area contributed by atoms with Gasteiger partial charge in [-0.05, 0) is 50.1 Å². The van der Waals surface area contributed by atoms with E-state index in [1.165, 1.54) is 20.3 Å². The van der Waals surface area contributed by atoms with Crippen LogP contribution in [-0.4, -0.2) is 37.6 Å². The zero-order valence-corrected chi connectivity index (χ0v) is 16.7. The number of aromatic amines is 1. The maximum Gasteiger partial charge on any atom is 0.340 e. The van der Waals surface area contributed by atoms with Gasteiger partial charge in [0.1, 0.15) is 0 Å². The molecule has 0 spiro atoms. The largest absolute Gasteiger partial charge is 0.493 e. The molecule has 0 aliphatic rings. The number of rotatable bonds is 7. The number of aryl methyl sites for hydroxylation is 1. The van der Waals surface area contributed by atoms with Crippen LogP contribution in [0, 0.1) is 13.8 Å². The van der Waals surface area contributed by atoms with E-state index < -0.39 is 5.97 Å². The van der Waals surface area contributed by atoms with Gasteiger partial charge in [-0.2, -0.15) is 0 Å². The van der Waals surface area contributed by atoms with Crippen LogP contribution in [0.5, 0.6) is 11.5 Å². The van der Waals surface area contributed by atoms with E-state index in [4.69, 9.17) is 25.8 Å². The van der Waals surface area contributed by atoms with Gasteiger partial charge in [-0.15, -0.1) is 0 Å². The van der Waals surface area contributed by atoms with Crippen molar-refractivity contribution in [2.24, 2.45) is 0 Å². The highest BCUT2D eigenvalue weighted by molar-refractivity contribution is 6.32. The fourth-order valence-electron chi connectivity index (χ4n) is 2.80. The lowest BCUT2D eigenvalue weighted by atomic mass is 10.1. The summed E-state index contributed by atoms with van der Waals surface area (Å²) in [5, 5.41) is 0.375. The van der Waals surface area contributed by atoms with E-state index >= 15 is 0 Å².